The van der Waals surface area contributed by atoms with E-state index >= 15 is 0 Å². The van der Waals surface area contributed by atoms with E-state index in [-0.39, 0.29) is 18.5 Å². The monoisotopic (exact) mass is 315 g/mol. The average molecular weight is 315 g/mol. The molecule has 22 heavy (non-hydrogen) atoms. The molecule has 0 aliphatic heterocycles. The van der Waals surface area contributed by atoms with Crippen molar-refractivity contribution in [3.63, 3.8) is 0 Å². The predicted molar refractivity (Wildman–Crippen MR) is 86.1 cm³/mol. The van der Waals surface area contributed by atoms with Gasteiger partial charge in [0.25, 0.3) is 0 Å². The van der Waals surface area contributed by atoms with Crippen LogP contribution in [0.1, 0.15) is 27.7 Å². The maximum atomic E-state index is 12.1. The Hall–Kier alpha value is -2.14. The van der Waals surface area contributed by atoms with Crippen LogP contribution in [-0.4, -0.2) is 25.0 Å². The van der Waals surface area contributed by atoms with Gasteiger partial charge in [-0.2, -0.15) is 0 Å². The SMILES string of the molecule is CC(=O)NCCOC(=O)c1cc2c(s1)-c1ccccc1CC2. The average Bonchev–Trinajstić information content (AvgIpc) is 2.96. The highest BCUT2D eigenvalue weighted by molar-refractivity contribution is 7.17. The first kappa shape index (κ1) is 14.8. The number of carbonyl (C=O) groups excluding carboxylic acids is 2. The lowest BCUT2D eigenvalue weighted by Crippen LogP contribution is -2.25. The zero-order valence-corrected chi connectivity index (χ0v) is 13.2. The van der Waals surface area contributed by atoms with E-state index in [1.54, 1.807) is 0 Å². The van der Waals surface area contributed by atoms with Crippen molar-refractivity contribution in [1.29, 1.82) is 0 Å². The van der Waals surface area contributed by atoms with Crippen molar-refractivity contribution in [2.45, 2.75) is 19.8 Å². The van der Waals surface area contributed by atoms with Crippen LogP contribution in [0.15, 0.2) is 30.3 Å². The third-order valence-corrected chi connectivity index (χ3v) is 4.84. The molecule has 0 unspecified atom stereocenters. The van der Waals surface area contributed by atoms with E-state index in [1.807, 2.05) is 12.1 Å². The van der Waals surface area contributed by atoms with E-state index in [4.69, 9.17) is 4.74 Å². The minimum absolute atomic E-state index is 0.126. The maximum absolute atomic E-state index is 12.1. The number of amides is 1. The topological polar surface area (TPSA) is 55.4 Å². The third-order valence-electron chi connectivity index (χ3n) is 3.65. The van der Waals surface area contributed by atoms with Crippen LogP contribution in [0.4, 0.5) is 0 Å². The van der Waals surface area contributed by atoms with Crippen LogP contribution in [0.5, 0.6) is 0 Å². The van der Waals surface area contributed by atoms with E-state index in [0.717, 1.165) is 12.8 Å². The molecule has 0 saturated heterocycles. The number of nitrogens with one attached hydrogen (secondary N) is 1. The lowest BCUT2D eigenvalue weighted by molar-refractivity contribution is -0.119. The fourth-order valence-electron chi connectivity index (χ4n) is 2.61. The summed E-state index contributed by atoms with van der Waals surface area (Å²) >= 11 is 1.49. The molecule has 4 nitrogen and oxygen atoms in total. The molecule has 3 rings (SSSR count). The second-order valence-corrected chi connectivity index (χ2v) is 6.29. The highest BCUT2D eigenvalue weighted by atomic mass is 32.1. The first-order valence-corrected chi connectivity index (χ1v) is 8.09. The number of thiophene rings is 1. The lowest BCUT2D eigenvalue weighted by atomic mass is 9.91. The molecule has 1 heterocycles. The van der Waals surface area contributed by atoms with Crippen molar-refractivity contribution >= 4 is 23.2 Å². The van der Waals surface area contributed by atoms with Gasteiger partial charge in [0.1, 0.15) is 11.5 Å². The summed E-state index contributed by atoms with van der Waals surface area (Å²) in [6.45, 7) is 1.97. The van der Waals surface area contributed by atoms with Crippen LogP contribution < -0.4 is 5.32 Å². The minimum Gasteiger partial charge on any atom is -0.460 e. The van der Waals surface area contributed by atoms with Gasteiger partial charge in [-0.1, -0.05) is 24.3 Å². The Morgan fingerprint density at radius 3 is 2.82 bits per heavy atom. The molecule has 0 spiro atoms. The summed E-state index contributed by atoms with van der Waals surface area (Å²) in [6, 6.07) is 10.3. The quantitative estimate of drug-likeness (QED) is 0.697. The molecular weight excluding hydrogens is 298 g/mol. The summed E-state index contributed by atoms with van der Waals surface area (Å²) in [6.07, 6.45) is 1.97. The Bertz CT molecular complexity index is 720. The molecule has 1 amide bonds. The second-order valence-electron chi connectivity index (χ2n) is 5.24. The Morgan fingerprint density at radius 1 is 1.23 bits per heavy atom. The van der Waals surface area contributed by atoms with Gasteiger partial charge < -0.3 is 10.1 Å². The summed E-state index contributed by atoms with van der Waals surface area (Å²) in [5.41, 5.74) is 3.78. The molecule has 0 radical (unpaired) electrons. The molecule has 1 aliphatic rings. The van der Waals surface area contributed by atoms with E-state index in [2.05, 4.69) is 23.5 Å². The number of benzene rings is 1. The van der Waals surface area contributed by atoms with Crippen molar-refractivity contribution < 1.29 is 14.3 Å². The number of ether oxygens (including phenoxy) is 1. The van der Waals surface area contributed by atoms with Gasteiger partial charge in [0.05, 0.1) is 6.54 Å². The van der Waals surface area contributed by atoms with Crippen LogP contribution in [-0.2, 0) is 22.4 Å². The molecule has 1 N–H and O–H groups in total. The smallest absolute Gasteiger partial charge is 0.348 e. The summed E-state index contributed by atoms with van der Waals surface area (Å²) in [5.74, 6) is -0.443. The largest absolute Gasteiger partial charge is 0.460 e. The molecule has 0 bridgehead atoms. The zero-order chi connectivity index (χ0) is 15.5. The van der Waals surface area contributed by atoms with E-state index in [1.165, 1.54) is 39.8 Å². The van der Waals surface area contributed by atoms with Crippen molar-refractivity contribution in [2.24, 2.45) is 0 Å². The van der Waals surface area contributed by atoms with Gasteiger partial charge in [-0.05, 0) is 35.6 Å². The highest BCUT2D eigenvalue weighted by Gasteiger charge is 2.21. The van der Waals surface area contributed by atoms with Crippen molar-refractivity contribution in [2.75, 3.05) is 13.2 Å². The number of rotatable bonds is 4. The Kier molecular flexibility index (Phi) is 4.24. The molecule has 1 aliphatic carbocycles. The first-order chi connectivity index (χ1) is 10.6. The van der Waals surface area contributed by atoms with Gasteiger partial charge >= 0.3 is 5.97 Å². The van der Waals surface area contributed by atoms with Crippen LogP contribution in [0, 0.1) is 0 Å². The van der Waals surface area contributed by atoms with Gasteiger partial charge in [0, 0.05) is 11.8 Å². The maximum Gasteiger partial charge on any atom is 0.348 e. The molecule has 114 valence electrons. The number of hydrogen-bond acceptors (Lipinski definition) is 4. The summed E-state index contributed by atoms with van der Waals surface area (Å²) in [4.78, 5) is 24.7. The predicted octanol–water partition coefficient (Wildman–Crippen LogP) is 2.81. The molecule has 2 aromatic rings. The fourth-order valence-corrected chi connectivity index (χ4v) is 3.78. The van der Waals surface area contributed by atoms with E-state index in [9.17, 15) is 9.59 Å². The summed E-state index contributed by atoms with van der Waals surface area (Å²) < 4.78 is 5.20. The highest BCUT2D eigenvalue weighted by Crippen LogP contribution is 2.39. The summed E-state index contributed by atoms with van der Waals surface area (Å²) in [7, 11) is 0. The fraction of sp³-hybridized carbons (Fsp3) is 0.294. The van der Waals surface area contributed by atoms with Gasteiger partial charge in [-0.15, -0.1) is 11.3 Å². The van der Waals surface area contributed by atoms with Crippen LogP contribution in [0.2, 0.25) is 0 Å². The molecule has 0 fully saturated rings. The third kappa shape index (κ3) is 3.04. The lowest BCUT2D eigenvalue weighted by Gasteiger charge is -2.15. The molecule has 1 aromatic heterocycles. The number of hydrogen-bond donors (Lipinski definition) is 1. The van der Waals surface area contributed by atoms with Crippen LogP contribution in [0.3, 0.4) is 0 Å². The Balaban J connectivity index is 1.71. The van der Waals surface area contributed by atoms with Crippen molar-refractivity contribution in [3.8, 4) is 10.4 Å². The van der Waals surface area contributed by atoms with Gasteiger partial charge in [0.15, 0.2) is 0 Å². The number of esters is 1. The molecule has 0 atom stereocenters. The Labute approximate surface area is 133 Å². The zero-order valence-electron chi connectivity index (χ0n) is 12.3. The van der Waals surface area contributed by atoms with Crippen molar-refractivity contribution in [1.82, 2.24) is 5.32 Å². The molecule has 0 saturated carbocycles. The number of fused-ring (bicyclic) bond motifs is 3. The first-order valence-electron chi connectivity index (χ1n) is 7.27. The minimum atomic E-state index is -0.317. The van der Waals surface area contributed by atoms with Crippen LogP contribution in [0.25, 0.3) is 10.4 Å². The summed E-state index contributed by atoms with van der Waals surface area (Å²) in [5, 5.41) is 2.60. The normalized spacial score (nSPS) is 12.2. The molecular formula is C17H17NO3S. The number of aryl methyl sites for hydroxylation is 2. The van der Waals surface area contributed by atoms with E-state index < -0.39 is 0 Å². The Morgan fingerprint density at radius 2 is 2.00 bits per heavy atom. The van der Waals surface area contributed by atoms with Gasteiger partial charge in [-0.25, -0.2) is 4.79 Å². The standard InChI is InChI=1S/C17H17NO3S/c1-11(19)18-8-9-21-17(20)15-10-13-7-6-12-4-2-3-5-14(12)16(13)22-15/h2-5,10H,6-9H2,1H3,(H,18,19). The van der Waals surface area contributed by atoms with Gasteiger partial charge in [-0.3, -0.25) is 4.79 Å². The van der Waals surface area contributed by atoms with E-state index in [0.29, 0.717) is 11.4 Å². The van der Waals surface area contributed by atoms with Gasteiger partial charge in [0.2, 0.25) is 5.91 Å². The van der Waals surface area contributed by atoms with Crippen molar-refractivity contribution in [3.05, 3.63) is 46.3 Å². The second kappa shape index (κ2) is 6.32. The molecule has 1 aromatic carbocycles. The molecule has 5 heteroatoms. The van der Waals surface area contributed by atoms with Crippen LogP contribution >= 0.6 is 11.3 Å². The number of carbonyl (C=O) groups is 2.